The molecule has 0 aromatic heterocycles. The smallest absolute Gasteiger partial charge is 0.264 e. The average Bonchev–Trinajstić information content (AvgIpc) is 2.93. The molecule has 0 aliphatic rings. The van der Waals surface area contributed by atoms with E-state index in [1.807, 2.05) is 0 Å². The first kappa shape index (κ1) is 30.3. The van der Waals surface area contributed by atoms with Gasteiger partial charge >= 0.3 is 0 Å². The van der Waals surface area contributed by atoms with E-state index in [9.17, 15) is 18.0 Å². The maximum atomic E-state index is 14.1. The van der Waals surface area contributed by atoms with Crippen molar-refractivity contribution in [2.45, 2.75) is 37.8 Å². The van der Waals surface area contributed by atoms with Gasteiger partial charge in [-0.25, -0.2) is 8.42 Å². The number of hydrogen-bond acceptors (Lipinski definition) is 5. The Morgan fingerprint density at radius 1 is 0.923 bits per heavy atom. The molecule has 0 fully saturated rings. The third kappa shape index (κ3) is 7.03. The van der Waals surface area contributed by atoms with Crippen molar-refractivity contribution in [3.63, 3.8) is 0 Å². The van der Waals surface area contributed by atoms with Crippen LogP contribution in [-0.2, 0) is 26.2 Å². The molecule has 1 N–H and O–H groups in total. The Morgan fingerprint density at radius 2 is 1.54 bits per heavy atom. The van der Waals surface area contributed by atoms with E-state index in [-0.39, 0.29) is 35.2 Å². The summed E-state index contributed by atoms with van der Waals surface area (Å²) < 4.78 is 34.2. The van der Waals surface area contributed by atoms with Crippen LogP contribution < -0.4 is 14.4 Å². The van der Waals surface area contributed by atoms with Gasteiger partial charge in [-0.2, -0.15) is 0 Å². The monoisotopic (exact) mass is 591 g/mol. The first-order chi connectivity index (χ1) is 18.6. The van der Waals surface area contributed by atoms with E-state index < -0.39 is 28.5 Å². The Kier molecular flexibility index (Phi) is 10.6. The second-order valence-corrected chi connectivity index (χ2v) is 11.2. The molecule has 1 atom stereocenters. The zero-order valence-corrected chi connectivity index (χ0v) is 24.3. The lowest BCUT2D eigenvalue weighted by Crippen LogP contribution is -2.52. The molecule has 0 saturated carbocycles. The molecule has 11 heteroatoms. The molecule has 0 heterocycles. The maximum absolute atomic E-state index is 14.1. The van der Waals surface area contributed by atoms with Crippen LogP contribution in [0.25, 0.3) is 0 Å². The summed E-state index contributed by atoms with van der Waals surface area (Å²) in [6, 6.07) is 18.4. The summed E-state index contributed by atoms with van der Waals surface area (Å²) in [7, 11) is -2.80. The molecular formula is C28H31Cl2N3O5S. The number of para-hydroxylation sites is 2. The number of carbonyl (C=O) groups is 2. The van der Waals surface area contributed by atoms with E-state index in [1.165, 1.54) is 24.1 Å². The minimum atomic E-state index is -4.21. The summed E-state index contributed by atoms with van der Waals surface area (Å²) >= 11 is 12.8. The Bertz CT molecular complexity index is 1380. The minimum Gasteiger partial charge on any atom is -0.495 e. The van der Waals surface area contributed by atoms with Gasteiger partial charge in [0.2, 0.25) is 11.8 Å². The van der Waals surface area contributed by atoms with Crippen molar-refractivity contribution in [2.24, 2.45) is 0 Å². The van der Waals surface area contributed by atoms with Gasteiger partial charge in [-0.3, -0.25) is 13.9 Å². The molecule has 3 rings (SSSR count). The molecule has 3 aromatic rings. The first-order valence-electron chi connectivity index (χ1n) is 12.4. The van der Waals surface area contributed by atoms with Gasteiger partial charge in [-0.15, -0.1) is 0 Å². The fourth-order valence-corrected chi connectivity index (χ4v) is 6.10. The molecule has 0 aliphatic carbocycles. The number of anilines is 1. The minimum absolute atomic E-state index is 0.000159. The molecule has 1 unspecified atom stereocenters. The number of sulfonamides is 1. The van der Waals surface area contributed by atoms with Gasteiger partial charge < -0.3 is 15.0 Å². The van der Waals surface area contributed by atoms with Crippen LogP contribution in [0.1, 0.15) is 25.8 Å². The predicted molar refractivity (Wildman–Crippen MR) is 154 cm³/mol. The standard InChI is InChI=1S/C28H31Cl2N3O5S/c1-4-24(28(35)31-5-2)32(18-21-22(29)14-11-15-23(21)30)27(34)19-33(25-16-9-10-17-26(25)38-3)39(36,37)20-12-7-6-8-13-20/h6-17,24H,4-5,18-19H2,1-3H3,(H,31,35). The Hall–Kier alpha value is -3.27. The van der Waals surface area contributed by atoms with Crippen LogP contribution in [0.2, 0.25) is 10.0 Å². The third-order valence-electron chi connectivity index (χ3n) is 6.09. The highest BCUT2D eigenvalue weighted by Crippen LogP contribution is 2.33. The zero-order chi connectivity index (χ0) is 28.6. The van der Waals surface area contributed by atoms with Crippen LogP contribution in [0.3, 0.4) is 0 Å². The van der Waals surface area contributed by atoms with Gasteiger partial charge in [0.25, 0.3) is 10.0 Å². The van der Waals surface area contributed by atoms with Crippen LogP contribution >= 0.6 is 23.2 Å². The van der Waals surface area contributed by atoms with Crippen LogP contribution in [-0.4, -0.2) is 51.4 Å². The van der Waals surface area contributed by atoms with E-state index in [4.69, 9.17) is 27.9 Å². The van der Waals surface area contributed by atoms with Crippen molar-refractivity contribution in [1.82, 2.24) is 10.2 Å². The van der Waals surface area contributed by atoms with E-state index in [0.29, 0.717) is 22.2 Å². The molecule has 0 saturated heterocycles. The number of nitrogens with zero attached hydrogens (tertiary/aromatic N) is 2. The number of ether oxygens (including phenoxy) is 1. The summed E-state index contributed by atoms with van der Waals surface area (Å²) in [6.45, 7) is 3.21. The zero-order valence-electron chi connectivity index (χ0n) is 21.9. The van der Waals surface area contributed by atoms with Crippen molar-refractivity contribution >= 4 is 50.7 Å². The lowest BCUT2D eigenvalue weighted by Gasteiger charge is -2.33. The molecule has 0 aliphatic heterocycles. The SMILES string of the molecule is CCNC(=O)C(CC)N(Cc1c(Cl)cccc1Cl)C(=O)CN(c1ccccc1OC)S(=O)(=O)c1ccccc1. The predicted octanol–water partition coefficient (Wildman–Crippen LogP) is 5.14. The summed E-state index contributed by atoms with van der Waals surface area (Å²) in [5, 5.41) is 3.40. The molecular weight excluding hydrogens is 561 g/mol. The van der Waals surface area contributed by atoms with Crippen molar-refractivity contribution in [1.29, 1.82) is 0 Å². The largest absolute Gasteiger partial charge is 0.495 e. The summed E-state index contributed by atoms with van der Waals surface area (Å²) in [6.07, 6.45) is 0.278. The molecule has 8 nitrogen and oxygen atoms in total. The third-order valence-corrected chi connectivity index (χ3v) is 8.57. The Balaban J connectivity index is 2.13. The number of hydrogen-bond donors (Lipinski definition) is 1. The molecule has 2 amide bonds. The van der Waals surface area contributed by atoms with E-state index >= 15 is 0 Å². The van der Waals surface area contributed by atoms with Crippen molar-refractivity contribution in [3.05, 3.63) is 88.4 Å². The van der Waals surface area contributed by atoms with Crippen LogP contribution in [0.4, 0.5) is 5.69 Å². The van der Waals surface area contributed by atoms with Gasteiger partial charge in [0, 0.05) is 28.7 Å². The van der Waals surface area contributed by atoms with Gasteiger partial charge in [0.05, 0.1) is 17.7 Å². The highest BCUT2D eigenvalue weighted by atomic mass is 35.5. The Morgan fingerprint density at radius 3 is 2.13 bits per heavy atom. The van der Waals surface area contributed by atoms with Gasteiger partial charge in [0.1, 0.15) is 18.3 Å². The highest BCUT2D eigenvalue weighted by Gasteiger charge is 2.35. The fourth-order valence-electron chi connectivity index (χ4n) is 4.13. The van der Waals surface area contributed by atoms with E-state index in [2.05, 4.69) is 5.32 Å². The second kappa shape index (κ2) is 13.7. The second-order valence-electron chi connectivity index (χ2n) is 8.54. The van der Waals surface area contributed by atoms with Crippen LogP contribution in [0, 0.1) is 0 Å². The first-order valence-corrected chi connectivity index (χ1v) is 14.6. The van der Waals surface area contributed by atoms with E-state index in [1.54, 1.807) is 74.5 Å². The lowest BCUT2D eigenvalue weighted by atomic mass is 10.1. The normalized spacial score (nSPS) is 11.9. The van der Waals surface area contributed by atoms with E-state index in [0.717, 1.165) is 4.31 Å². The molecule has 0 radical (unpaired) electrons. The van der Waals surface area contributed by atoms with Crippen molar-refractivity contribution < 1.29 is 22.7 Å². The maximum Gasteiger partial charge on any atom is 0.264 e. The fraction of sp³-hybridized carbons (Fsp3) is 0.286. The van der Waals surface area contributed by atoms with Crippen LogP contribution in [0.5, 0.6) is 5.75 Å². The quantitative estimate of drug-likeness (QED) is 0.314. The number of benzene rings is 3. The number of nitrogens with one attached hydrogen (secondary N) is 1. The number of carbonyl (C=O) groups excluding carboxylic acids is 2. The number of likely N-dealkylation sites (N-methyl/N-ethyl adjacent to an activating group) is 1. The van der Waals surface area contributed by atoms with Crippen LogP contribution in [0.15, 0.2) is 77.7 Å². The molecule has 3 aromatic carbocycles. The topological polar surface area (TPSA) is 96.0 Å². The summed E-state index contributed by atoms with van der Waals surface area (Å²) in [4.78, 5) is 28.4. The van der Waals surface area contributed by atoms with Crippen molar-refractivity contribution in [2.75, 3.05) is 24.5 Å². The number of halogens is 2. The lowest BCUT2D eigenvalue weighted by molar-refractivity contribution is -0.140. The molecule has 0 spiro atoms. The number of amides is 2. The summed E-state index contributed by atoms with van der Waals surface area (Å²) in [5.74, 6) is -0.720. The van der Waals surface area contributed by atoms with Gasteiger partial charge in [0.15, 0.2) is 0 Å². The van der Waals surface area contributed by atoms with Gasteiger partial charge in [-0.05, 0) is 49.7 Å². The number of methoxy groups -OCH3 is 1. The Labute approximate surface area is 239 Å². The highest BCUT2D eigenvalue weighted by molar-refractivity contribution is 7.92. The average molecular weight is 593 g/mol. The molecule has 39 heavy (non-hydrogen) atoms. The van der Waals surface area contributed by atoms with Crippen molar-refractivity contribution in [3.8, 4) is 5.75 Å². The van der Waals surface area contributed by atoms with Gasteiger partial charge in [-0.1, -0.05) is 66.5 Å². The molecule has 208 valence electrons. The molecule has 0 bridgehead atoms. The number of rotatable bonds is 12. The summed E-state index contributed by atoms with van der Waals surface area (Å²) in [5.41, 5.74) is 0.630.